The molecule has 0 spiro atoms. The SMILES string of the molecule is CC(C)(CN1CCOCC1)n1ccc2c(NC(=O)CC34CC5CC(CC(C5)C3)C4)cccc2c1=O. The minimum Gasteiger partial charge on any atom is -0.379 e. The van der Waals surface area contributed by atoms with E-state index in [1.165, 1.54) is 38.5 Å². The van der Waals surface area contributed by atoms with E-state index in [0.29, 0.717) is 11.8 Å². The Hall–Kier alpha value is -2.18. The van der Waals surface area contributed by atoms with Gasteiger partial charge < -0.3 is 14.6 Å². The van der Waals surface area contributed by atoms with Crippen LogP contribution in [-0.2, 0) is 15.1 Å². The van der Waals surface area contributed by atoms with Gasteiger partial charge in [-0.05, 0) is 93.7 Å². The third-order valence-corrected chi connectivity index (χ3v) is 9.29. The minimum absolute atomic E-state index is 0.00190. The van der Waals surface area contributed by atoms with Gasteiger partial charge in [-0.1, -0.05) is 6.07 Å². The van der Waals surface area contributed by atoms with E-state index in [1.807, 2.05) is 35.0 Å². The summed E-state index contributed by atoms with van der Waals surface area (Å²) in [6.45, 7) is 8.31. The molecule has 0 atom stereocenters. The van der Waals surface area contributed by atoms with Crippen LogP contribution in [0.1, 0.15) is 58.8 Å². The van der Waals surface area contributed by atoms with Crippen LogP contribution in [0.5, 0.6) is 0 Å². The van der Waals surface area contributed by atoms with E-state index in [2.05, 4.69) is 24.1 Å². The number of hydrogen-bond acceptors (Lipinski definition) is 4. The van der Waals surface area contributed by atoms with Crippen molar-refractivity contribution in [1.29, 1.82) is 0 Å². The fourth-order valence-corrected chi connectivity index (χ4v) is 8.29. The highest BCUT2D eigenvalue weighted by atomic mass is 16.5. The van der Waals surface area contributed by atoms with Crippen molar-refractivity contribution in [3.05, 3.63) is 40.8 Å². The van der Waals surface area contributed by atoms with Crippen LogP contribution >= 0.6 is 0 Å². The Morgan fingerprint density at radius 1 is 1.03 bits per heavy atom. The Labute approximate surface area is 208 Å². The molecule has 1 saturated heterocycles. The predicted molar refractivity (Wildman–Crippen MR) is 139 cm³/mol. The summed E-state index contributed by atoms with van der Waals surface area (Å²) >= 11 is 0. The van der Waals surface area contributed by atoms with E-state index < -0.39 is 0 Å². The molecule has 5 aliphatic rings. The summed E-state index contributed by atoms with van der Waals surface area (Å²) < 4.78 is 7.33. The second kappa shape index (κ2) is 8.74. The first-order chi connectivity index (χ1) is 16.8. The van der Waals surface area contributed by atoms with Gasteiger partial charge in [0.25, 0.3) is 5.56 Å². The first-order valence-electron chi connectivity index (χ1n) is 13.6. The number of carbonyl (C=O) groups excluding carboxylic acids is 1. The quantitative estimate of drug-likeness (QED) is 0.660. The maximum absolute atomic E-state index is 13.6. The lowest BCUT2D eigenvalue weighted by Crippen LogP contribution is -2.48. The number of anilines is 1. The van der Waals surface area contributed by atoms with Crippen LogP contribution < -0.4 is 10.9 Å². The number of carbonyl (C=O) groups is 1. The van der Waals surface area contributed by atoms with E-state index >= 15 is 0 Å². The molecule has 2 aromatic rings. The molecule has 7 rings (SSSR count). The Morgan fingerprint density at radius 2 is 1.69 bits per heavy atom. The zero-order chi connectivity index (χ0) is 24.2. The lowest BCUT2D eigenvalue weighted by Gasteiger charge is -2.56. The van der Waals surface area contributed by atoms with E-state index in [1.54, 1.807) is 0 Å². The van der Waals surface area contributed by atoms with Crippen molar-refractivity contribution >= 4 is 22.4 Å². The highest BCUT2D eigenvalue weighted by Gasteiger charge is 2.51. The van der Waals surface area contributed by atoms with Gasteiger partial charge in [0.1, 0.15) is 0 Å². The van der Waals surface area contributed by atoms with Crippen molar-refractivity contribution in [3.63, 3.8) is 0 Å². The van der Waals surface area contributed by atoms with Crippen molar-refractivity contribution in [3.8, 4) is 0 Å². The van der Waals surface area contributed by atoms with E-state index in [9.17, 15) is 9.59 Å². The highest BCUT2D eigenvalue weighted by Crippen LogP contribution is 2.61. The number of amides is 1. The van der Waals surface area contributed by atoms with Gasteiger partial charge in [0.2, 0.25) is 5.91 Å². The Morgan fingerprint density at radius 3 is 2.34 bits per heavy atom. The topological polar surface area (TPSA) is 63.6 Å². The number of nitrogens with one attached hydrogen (secondary N) is 1. The molecular formula is C29H39N3O3. The van der Waals surface area contributed by atoms with Crippen molar-refractivity contribution in [2.24, 2.45) is 23.2 Å². The van der Waals surface area contributed by atoms with Crippen LogP contribution in [0.25, 0.3) is 10.8 Å². The second-order valence-corrected chi connectivity index (χ2v) is 12.6. The first-order valence-corrected chi connectivity index (χ1v) is 13.6. The van der Waals surface area contributed by atoms with Gasteiger partial charge in [0, 0.05) is 48.7 Å². The molecule has 4 bridgehead atoms. The Kier molecular flexibility index (Phi) is 5.80. The van der Waals surface area contributed by atoms with Crippen molar-refractivity contribution < 1.29 is 9.53 Å². The normalized spacial score (nSPS) is 30.6. The number of rotatable bonds is 6. The summed E-state index contributed by atoms with van der Waals surface area (Å²) in [6.07, 6.45) is 10.4. The molecule has 188 valence electrons. The number of pyridine rings is 1. The fraction of sp³-hybridized carbons (Fsp3) is 0.655. The van der Waals surface area contributed by atoms with Gasteiger partial charge in [0.15, 0.2) is 0 Å². The molecule has 6 nitrogen and oxygen atoms in total. The predicted octanol–water partition coefficient (Wildman–Crippen LogP) is 4.61. The van der Waals surface area contributed by atoms with Gasteiger partial charge in [-0.25, -0.2) is 0 Å². The summed E-state index contributed by atoms with van der Waals surface area (Å²) in [5.74, 6) is 2.62. The zero-order valence-corrected chi connectivity index (χ0v) is 21.2. The van der Waals surface area contributed by atoms with Gasteiger partial charge >= 0.3 is 0 Å². The van der Waals surface area contributed by atoms with Crippen molar-refractivity contribution in [2.75, 3.05) is 38.2 Å². The number of aromatic nitrogens is 1. The Bertz CT molecular complexity index is 1140. The molecule has 0 unspecified atom stereocenters. The monoisotopic (exact) mass is 477 g/mol. The second-order valence-electron chi connectivity index (χ2n) is 12.6. The number of fused-ring (bicyclic) bond motifs is 1. The number of hydrogen-bond donors (Lipinski definition) is 1. The molecule has 0 radical (unpaired) electrons. The summed E-state index contributed by atoms with van der Waals surface area (Å²) in [6, 6.07) is 7.71. The zero-order valence-electron chi connectivity index (χ0n) is 21.2. The number of benzene rings is 1. The summed E-state index contributed by atoms with van der Waals surface area (Å²) in [5, 5.41) is 4.69. The smallest absolute Gasteiger partial charge is 0.259 e. The fourth-order valence-electron chi connectivity index (χ4n) is 8.29. The summed E-state index contributed by atoms with van der Waals surface area (Å²) in [7, 11) is 0. The summed E-state index contributed by atoms with van der Waals surface area (Å²) in [4.78, 5) is 29.2. The molecule has 1 amide bonds. The minimum atomic E-state index is -0.347. The van der Waals surface area contributed by atoms with Crippen molar-refractivity contribution in [2.45, 2.75) is 64.3 Å². The first kappa shape index (κ1) is 23.2. The van der Waals surface area contributed by atoms with E-state index in [-0.39, 0.29) is 22.4 Å². The van der Waals surface area contributed by atoms with Gasteiger partial charge in [-0.15, -0.1) is 0 Å². The molecule has 1 N–H and O–H groups in total. The lowest BCUT2D eigenvalue weighted by atomic mass is 9.49. The average molecular weight is 478 g/mol. The van der Waals surface area contributed by atoms with Crippen molar-refractivity contribution in [1.82, 2.24) is 9.47 Å². The summed E-state index contributed by atoms with van der Waals surface area (Å²) in [5.41, 5.74) is 0.616. The van der Waals surface area contributed by atoms with Crippen LogP contribution in [0.4, 0.5) is 5.69 Å². The van der Waals surface area contributed by atoms with Crippen LogP contribution in [0.2, 0.25) is 0 Å². The molecule has 1 aliphatic heterocycles. The molecular weight excluding hydrogens is 438 g/mol. The maximum Gasteiger partial charge on any atom is 0.259 e. The Balaban J connectivity index is 1.21. The third-order valence-electron chi connectivity index (χ3n) is 9.29. The third kappa shape index (κ3) is 4.44. The van der Waals surface area contributed by atoms with Gasteiger partial charge in [-0.2, -0.15) is 0 Å². The van der Waals surface area contributed by atoms with Crippen LogP contribution in [0.15, 0.2) is 35.3 Å². The molecule has 1 aromatic carbocycles. The van der Waals surface area contributed by atoms with Crippen LogP contribution in [0, 0.1) is 23.2 Å². The number of nitrogens with zero attached hydrogens (tertiary/aromatic N) is 2. The van der Waals surface area contributed by atoms with Crippen LogP contribution in [-0.4, -0.2) is 48.2 Å². The molecule has 6 heteroatoms. The largest absolute Gasteiger partial charge is 0.379 e. The number of ether oxygens (including phenoxy) is 1. The van der Waals surface area contributed by atoms with Gasteiger partial charge in [-0.3, -0.25) is 14.5 Å². The molecule has 4 aliphatic carbocycles. The van der Waals surface area contributed by atoms with Gasteiger partial charge in [0.05, 0.1) is 18.8 Å². The molecule has 5 fully saturated rings. The average Bonchev–Trinajstić information content (AvgIpc) is 2.78. The standard InChI is InChI=1S/C29H39N3O3/c1-28(2,19-31-8-10-35-11-9-31)32-7-6-23-24(27(32)34)4-3-5-25(23)30-26(33)18-29-15-20-12-21(16-29)14-22(13-20)17-29/h3-7,20-22H,8-19H2,1-2H3,(H,30,33). The lowest BCUT2D eigenvalue weighted by molar-refractivity contribution is -0.124. The maximum atomic E-state index is 13.6. The highest BCUT2D eigenvalue weighted by molar-refractivity contribution is 6.02. The van der Waals surface area contributed by atoms with E-state index in [4.69, 9.17) is 4.74 Å². The van der Waals surface area contributed by atoms with E-state index in [0.717, 1.165) is 61.7 Å². The molecule has 35 heavy (non-hydrogen) atoms. The number of morpholine rings is 1. The molecule has 1 aromatic heterocycles. The molecule has 4 saturated carbocycles. The van der Waals surface area contributed by atoms with Crippen LogP contribution in [0.3, 0.4) is 0 Å². The molecule has 2 heterocycles.